The number of hydrogen-bond donors (Lipinski definition) is 1. The van der Waals surface area contributed by atoms with Crippen LogP contribution in [0.4, 0.5) is 5.82 Å². The fourth-order valence-corrected chi connectivity index (χ4v) is 1.79. The van der Waals surface area contributed by atoms with Gasteiger partial charge in [0.2, 0.25) is 0 Å². The number of pyridine rings is 1. The Morgan fingerprint density at radius 2 is 2.11 bits per heavy atom. The molecule has 0 fully saturated rings. The summed E-state index contributed by atoms with van der Waals surface area (Å²) in [5, 5.41) is 3.20. The van der Waals surface area contributed by atoms with Gasteiger partial charge < -0.3 is 15.0 Å². The molecule has 1 aromatic heterocycles. The zero-order chi connectivity index (χ0) is 14.1. The van der Waals surface area contributed by atoms with E-state index in [9.17, 15) is 4.79 Å². The van der Waals surface area contributed by atoms with E-state index in [1.54, 1.807) is 25.3 Å². The normalized spacial score (nSPS) is 10.5. The highest BCUT2D eigenvalue weighted by Crippen LogP contribution is 2.12. The SMILES string of the molecule is CCOC(=O)c1cccnc1NCCN(CC)CC. The molecule has 0 aliphatic carbocycles. The average Bonchev–Trinajstić information content (AvgIpc) is 2.44. The summed E-state index contributed by atoms with van der Waals surface area (Å²) >= 11 is 0. The van der Waals surface area contributed by atoms with Crippen LogP contribution in [0.2, 0.25) is 0 Å². The molecule has 0 aliphatic rings. The van der Waals surface area contributed by atoms with Crippen LogP contribution in [0.5, 0.6) is 0 Å². The molecule has 1 aromatic rings. The third-order valence-electron chi connectivity index (χ3n) is 2.92. The van der Waals surface area contributed by atoms with Crippen LogP contribution in [-0.2, 0) is 4.74 Å². The first kappa shape index (κ1) is 15.4. The first-order chi connectivity index (χ1) is 9.22. The number of ether oxygens (including phenoxy) is 1. The maximum Gasteiger partial charge on any atom is 0.341 e. The minimum atomic E-state index is -0.332. The highest BCUT2D eigenvalue weighted by atomic mass is 16.5. The molecule has 1 rings (SSSR count). The van der Waals surface area contributed by atoms with Crippen LogP contribution in [0.25, 0.3) is 0 Å². The van der Waals surface area contributed by atoms with E-state index in [2.05, 4.69) is 29.0 Å². The number of aromatic nitrogens is 1. The van der Waals surface area contributed by atoms with Gasteiger partial charge in [0.05, 0.1) is 6.61 Å². The van der Waals surface area contributed by atoms with Crippen molar-refractivity contribution < 1.29 is 9.53 Å². The van der Waals surface area contributed by atoms with Crippen LogP contribution in [0.1, 0.15) is 31.1 Å². The van der Waals surface area contributed by atoms with Gasteiger partial charge in [0, 0.05) is 19.3 Å². The Morgan fingerprint density at radius 3 is 2.74 bits per heavy atom. The number of nitrogens with one attached hydrogen (secondary N) is 1. The first-order valence-electron chi connectivity index (χ1n) is 6.81. The van der Waals surface area contributed by atoms with Gasteiger partial charge in [-0.15, -0.1) is 0 Å². The third-order valence-corrected chi connectivity index (χ3v) is 2.92. The zero-order valence-electron chi connectivity index (χ0n) is 12.0. The van der Waals surface area contributed by atoms with Crippen molar-refractivity contribution in [3.05, 3.63) is 23.9 Å². The van der Waals surface area contributed by atoms with E-state index in [1.807, 2.05) is 0 Å². The predicted octanol–water partition coefficient (Wildman–Crippen LogP) is 2.01. The highest BCUT2D eigenvalue weighted by Gasteiger charge is 2.12. The van der Waals surface area contributed by atoms with Crippen molar-refractivity contribution in [2.45, 2.75) is 20.8 Å². The van der Waals surface area contributed by atoms with Crippen LogP contribution < -0.4 is 5.32 Å². The zero-order valence-corrected chi connectivity index (χ0v) is 12.0. The van der Waals surface area contributed by atoms with Gasteiger partial charge in [-0.2, -0.15) is 0 Å². The lowest BCUT2D eigenvalue weighted by molar-refractivity contribution is 0.0527. The molecule has 0 unspecified atom stereocenters. The molecule has 0 aliphatic heterocycles. The summed E-state index contributed by atoms with van der Waals surface area (Å²) in [4.78, 5) is 18.3. The Hall–Kier alpha value is -1.62. The van der Waals surface area contributed by atoms with Crippen molar-refractivity contribution in [1.82, 2.24) is 9.88 Å². The average molecular weight is 265 g/mol. The molecule has 0 bridgehead atoms. The predicted molar refractivity (Wildman–Crippen MR) is 76.5 cm³/mol. The summed E-state index contributed by atoms with van der Waals surface area (Å²) in [5.41, 5.74) is 0.490. The van der Waals surface area contributed by atoms with Gasteiger partial charge in [-0.05, 0) is 32.1 Å². The lowest BCUT2D eigenvalue weighted by Crippen LogP contribution is -2.29. The summed E-state index contributed by atoms with van der Waals surface area (Å²) < 4.78 is 5.01. The van der Waals surface area contributed by atoms with Gasteiger partial charge in [0.25, 0.3) is 0 Å². The van der Waals surface area contributed by atoms with Crippen LogP contribution in [0.15, 0.2) is 18.3 Å². The second-order valence-corrected chi connectivity index (χ2v) is 4.07. The van der Waals surface area contributed by atoms with Gasteiger partial charge in [-0.25, -0.2) is 9.78 Å². The van der Waals surface area contributed by atoms with Gasteiger partial charge in [0.1, 0.15) is 11.4 Å². The maximum absolute atomic E-state index is 11.8. The minimum absolute atomic E-state index is 0.332. The Labute approximate surface area is 115 Å². The van der Waals surface area contributed by atoms with E-state index >= 15 is 0 Å². The lowest BCUT2D eigenvalue weighted by atomic mass is 10.2. The molecule has 1 heterocycles. The van der Waals surface area contributed by atoms with Crippen LogP contribution >= 0.6 is 0 Å². The quantitative estimate of drug-likeness (QED) is 0.729. The van der Waals surface area contributed by atoms with E-state index in [4.69, 9.17) is 4.74 Å². The molecule has 0 saturated carbocycles. The molecule has 1 N–H and O–H groups in total. The Kier molecular flexibility index (Phi) is 6.89. The molecular formula is C14H23N3O2. The topological polar surface area (TPSA) is 54.5 Å². The summed E-state index contributed by atoms with van der Waals surface area (Å²) in [7, 11) is 0. The van der Waals surface area contributed by atoms with Crippen LogP contribution in [0, 0.1) is 0 Å². The number of hydrogen-bond acceptors (Lipinski definition) is 5. The smallest absolute Gasteiger partial charge is 0.341 e. The molecule has 106 valence electrons. The van der Waals surface area contributed by atoms with Crippen molar-refractivity contribution in [1.29, 1.82) is 0 Å². The maximum atomic E-state index is 11.8. The monoisotopic (exact) mass is 265 g/mol. The number of anilines is 1. The Bertz CT molecular complexity index is 392. The molecule has 19 heavy (non-hydrogen) atoms. The molecular weight excluding hydrogens is 242 g/mol. The van der Waals surface area contributed by atoms with Gasteiger partial charge >= 0.3 is 5.97 Å². The minimum Gasteiger partial charge on any atom is -0.462 e. The second kappa shape index (κ2) is 8.48. The molecule has 0 aromatic carbocycles. The summed E-state index contributed by atoms with van der Waals surface area (Å²) in [5.74, 6) is 0.258. The fraction of sp³-hybridized carbons (Fsp3) is 0.571. The van der Waals surface area contributed by atoms with Gasteiger partial charge in [0.15, 0.2) is 0 Å². The first-order valence-corrected chi connectivity index (χ1v) is 6.81. The molecule has 0 atom stereocenters. The van der Waals surface area contributed by atoms with E-state index < -0.39 is 0 Å². The number of nitrogens with zero attached hydrogens (tertiary/aromatic N) is 2. The van der Waals surface area contributed by atoms with Crippen molar-refractivity contribution >= 4 is 11.8 Å². The Balaban J connectivity index is 2.60. The lowest BCUT2D eigenvalue weighted by Gasteiger charge is -2.18. The second-order valence-electron chi connectivity index (χ2n) is 4.07. The number of carbonyl (C=O) groups excluding carboxylic acids is 1. The van der Waals surface area contributed by atoms with E-state index in [-0.39, 0.29) is 5.97 Å². The number of rotatable bonds is 8. The summed E-state index contributed by atoms with van der Waals surface area (Å²) in [6, 6.07) is 3.46. The van der Waals surface area contributed by atoms with E-state index in [0.717, 1.165) is 26.2 Å². The summed E-state index contributed by atoms with van der Waals surface area (Å²) in [6.07, 6.45) is 1.67. The largest absolute Gasteiger partial charge is 0.462 e. The third kappa shape index (κ3) is 4.87. The molecule has 5 heteroatoms. The molecule has 0 spiro atoms. The van der Waals surface area contributed by atoms with Crippen molar-refractivity contribution in [3.8, 4) is 0 Å². The number of carbonyl (C=O) groups is 1. The standard InChI is InChI=1S/C14H23N3O2/c1-4-17(5-2)11-10-16-13-12(8-7-9-15-13)14(18)19-6-3/h7-9H,4-6,10-11H2,1-3H3,(H,15,16). The molecule has 5 nitrogen and oxygen atoms in total. The number of likely N-dealkylation sites (N-methyl/N-ethyl adjacent to an activating group) is 1. The Morgan fingerprint density at radius 1 is 1.37 bits per heavy atom. The number of esters is 1. The van der Waals surface area contributed by atoms with Crippen LogP contribution in [0.3, 0.4) is 0 Å². The van der Waals surface area contributed by atoms with Crippen molar-refractivity contribution in [2.75, 3.05) is 38.1 Å². The molecule has 0 radical (unpaired) electrons. The van der Waals surface area contributed by atoms with Crippen LogP contribution in [-0.4, -0.2) is 48.6 Å². The summed E-state index contributed by atoms with van der Waals surface area (Å²) in [6.45, 7) is 10.1. The van der Waals surface area contributed by atoms with E-state index in [1.165, 1.54) is 0 Å². The van der Waals surface area contributed by atoms with Gasteiger partial charge in [-0.3, -0.25) is 0 Å². The molecule has 0 saturated heterocycles. The molecule has 0 amide bonds. The van der Waals surface area contributed by atoms with Crippen molar-refractivity contribution in [2.24, 2.45) is 0 Å². The fourth-order valence-electron chi connectivity index (χ4n) is 1.79. The van der Waals surface area contributed by atoms with E-state index in [0.29, 0.717) is 18.0 Å². The van der Waals surface area contributed by atoms with Gasteiger partial charge in [-0.1, -0.05) is 13.8 Å². The van der Waals surface area contributed by atoms with Crippen molar-refractivity contribution in [3.63, 3.8) is 0 Å². The highest BCUT2D eigenvalue weighted by molar-refractivity contribution is 5.94.